The Hall–Kier alpha value is -1.18. The number of ether oxygens (including phenoxy) is 1. The Morgan fingerprint density at radius 1 is 1.25 bits per heavy atom. The monoisotopic (exact) mass is 286 g/mol. The average molecular weight is 286 g/mol. The first-order valence-electron chi connectivity index (χ1n) is 6.99. The van der Waals surface area contributed by atoms with E-state index in [9.17, 15) is 9.59 Å². The number of amides is 2. The first-order valence-corrected chi connectivity index (χ1v) is 6.99. The molecule has 1 rings (SSSR count). The van der Waals surface area contributed by atoms with Crippen molar-refractivity contribution in [3.8, 4) is 0 Å². The first-order chi connectivity index (χ1) is 9.43. The fraction of sp³-hybridized carbons (Fsp3) is 0.846. The number of nitrogens with one attached hydrogen (secondary N) is 1. The van der Waals surface area contributed by atoms with E-state index in [1.54, 1.807) is 4.90 Å². The molecule has 0 spiro atoms. The standard InChI is InChI=1S/C13H26N4O3/c1-10(2)15-12(18)8-16-4-6-17(7-5-16)13(19)11(14)9-20-3/h10-11H,4-9,14H2,1-3H3,(H,15,18). The van der Waals surface area contributed by atoms with Gasteiger partial charge in [0, 0.05) is 39.3 Å². The maximum absolute atomic E-state index is 12.0. The van der Waals surface area contributed by atoms with E-state index in [0.717, 1.165) is 0 Å². The van der Waals surface area contributed by atoms with Crippen LogP contribution in [0.25, 0.3) is 0 Å². The van der Waals surface area contributed by atoms with Gasteiger partial charge in [0.15, 0.2) is 0 Å². The lowest BCUT2D eigenvalue weighted by atomic mass is 10.2. The quantitative estimate of drug-likeness (QED) is 0.629. The van der Waals surface area contributed by atoms with Crippen molar-refractivity contribution in [2.24, 2.45) is 5.73 Å². The summed E-state index contributed by atoms with van der Waals surface area (Å²) in [5.41, 5.74) is 5.73. The Balaban J connectivity index is 2.32. The Morgan fingerprint density at radius 2 is 1.85 bits per heavy atom. The molecule has 2 amide bonds. The summed E-state index contributed by atoms with van der Waals surface area (Å²) in [4.78, 5) is 27.4. The van der Waals surface area contributed by atoms with Crippen molar-refractivity contribution in [3.63, 3.8) is 0 Å². The third kappa shape index (κ3) is 5.44. The van der Waals surface area contributed by atoms with Crippen molar-refractivity contribution in [1.29, 1.82) is 0 Å². The molecule has 0 aliphatic carbocycles. The number of nitrogens with two attached hydrogens (primary N) is 1. The number of rotatable bonds is 6. The lowest BCUT2D eigenvalue weighted by Crippen LogP contribution is -2.55. The molecule has 1 atom stereocenters. The average Bonchev–Trinajstić information content (AvgIpc) is 2.38. The number of hydrogen-bond donors (Lipinski definition) is 2. The summed E-state index contributed by atoms with van der Waals surface area (Å²) in [5.74, 6) is -0.0611. The van der Waals surface area contributed by atoms with Gasteiger partial charge in [0.25, 0.3) is 0 Å². The van der Waals surface area contributed by atoms with Gasteiger partial charge < -0.3 is 20.7 Å². The van der Waals surface area contributed by atoms with Gasteiger partial charge in [-0.3, -0.25) is 14.5 Å². The molecule has 116 valence electrons. The lowest BCUT2D eigenvalue weighted by molar-refractivity contribution is -0.135. The topological polar surface area (TPSA) is 87.9 Å². The summed E-state index contributed by atoms with van der Waals surface area (Å²) in [6, 6.07) is -0.451. The minimum absolute atomic E-state index is 0.0239. The summed E-state index contributed by atoms with van der Waals surface area (Å²) >= 11 is 0. The van der Waals surface area contributed by atoms with Crippen LogP contribution < -0.4 is 11.1 Å². The molecule has 1 heterocycles. The number of hydrogen-bond acceptors (Lipinski definition) is 5. The summed E-state index contributed by atoms with van der Waals surface area (Å²) < 4.78 is 4.89. The van der Waals surface area contributed by atoms with E-state index < -0.39 is 6.04 Å². The van der Waals surface area contributed by atoms with Crippen molar-refractivity contribution >= 4 is 11.8 Å². The molecule has 3 N–H and O–H groups in total. The van der Waals surface area contributed by atoms with Gasteiger partial charge in [0.05, 0.1) is 13.2 Å². The Morgan fingerprint density at radius 3 is 2.35 bits per heavy atom. The molecule has 0 radical (unpaired) electrons. The summed E-state index contributed by atoms with van der Waals surface area (Å²) in [6.07, 6.45) is 0. The van der Waals surface area contributed by atoms with Crippen LogP contribution in [0.15, 0.2) is 0 Å². The van der Waals surface area contributed by atoms with Crippen LogP contribution in [0.2, 0.25) is 0 Å². The highest BCUT2D eigenvalue weighted by Crippen LogP contribution is 2.03. The molecule has 0 aromatic heterocycles. The Labute approximate surface area is 120 Å². The van der Waals surface area contributed by atoms with Gasteiger partial charge in [0.2, 0.25) is 11.8 Å². The zero-order chi connectivity index (χ0) is 15.1. The minimum atomic E-state index is -0.601. The fourth-order valence-electron chi connectivity index (χ4n) is 2.18. The predicted molar refractivity (Wildman–Crippen MR) is 76.2 cm³/mol. The highest BCUT2D eigenvalue weighted by Gasteiger charge is 2.25. The Bertz CT molecular complexity index is 328. The molecule has 0 bridgehead atoms. The SMILES string of the molecule is COCC(N)C(=O)N1CCN(CC(=O)NC(C)C)CC1. The highest BCUT2D eigenvalue weighted by atomic mass is 16.5. The van der Waals surface area contributed by atoms with Gasteiger partial charge >= 0.3 is 0 Å². The van der Waals surface area contributed by atoms with Crippen molar-refractivity contribution in [2.75, 3.05) is 46.4 Å². The van der Waals surface area contributed by atoms with Gasteiger partial charge in [-0.2, -0.15) is 0 Å². The second-order valence-corrected chi connectivity index (χ2v) is 5.39. The molecule has 0 aromatic rings. The van der Waals surface area contributed by atoms with E-state index in [1.807, 2.05) is 18.7 Å². The third-order valence-corrected chi connectivity index (χ3v) is 3.16. The lowest BCUT2D eigenvalue weighted by Gasteiger charge is -2.35. The summed E-state index contributed by atoms with van der Waals surface area (Å²) in [7, 11) is 1.53. The van der Waals surface area contributed by atoms with Crippen LogP contribution in [-0.4, -0.2) is 80.1 Å². The third-order valence-electron chi connectivity index (χ3n) is 3.16. The van der Waals surface area contributed by atoms with Crippen LogP contribution in [0.4, 0.5) is 0 Å². The zero-order valence-corrected chi connectivity index (χ0v) is 12.6. The van der Waals surface area contributed by atoms with Gasteiger partial charge in [-0.15, -0.1) is 0 Å². The number of carbonyl (C=O) groups is 2. The van der Waals surface area contributed by atoms with E-state index in [0.29, 0.717) is 32.7 Å². The molecule has 0 aromatic carbocycles. The van der Waals surface area contributed by atoms with Crippen LogP contribution in [0.3, 0.4) is 0 Å². The first kappa shape index (κ1) is 16.9. The van der Waals surface area contributed by atoms with E-state index in [2.05, 4.69) is 5.32 Å². The smallest absolute Gasteiger partial charge is 0.241 e. The van der Waals surface area contributed by atoms with Crippen molar-refractivity contribution in [3.05, 3.63) is 0 Å². The largest absolute Gasteiger partial charge is 0.383 e. The van der Waals surface area contributed by atoms with E-state index in [-0.39, 0.29) is 24.5 Å². The number of methoxy groups -OCH3 is 1. The number of piperazine rings is 1. The van der Waals surface area contributed by atoms with Gasteiger partial charge in [-0.05, 0) is 13.8 Å². The van der Waals surface area contributed by atoms with Gasteiger partial charge in [-0.1, -0.05) is 0 Å². The van der Waals surface area contributed by atoms with Crippen LogP contribution in [0, 0.1) is 0 Å². The molecular formula is C13H26N4O3. The summed E-state index contributed by atoms with van der Waals surface area (Å²) in [5, 5.41) is 2.86. The minimum Gasteiger partial charge on any atom is -0.383 e. The van der Waals surface area contributed by atoms with Crippen molar-refractivity contribution in [2.45, 2.75) is 25.9 Å². The van der Waals surface area contributed by atoms with Crippen molar-refractivity contribution < 1.29 is 14.3 Å². The summed E-state index contributed by atoms with van der Waals surface area (Å²) in [6.45, 7) is 7.07. The molecule has 1 aliphatic rings. The van der Waals surface area contributed by atoms with E-state index in [1.165, 1.54) is 7.11 Å². The highest BCUT2D eigenvalue weighted by molar-refractivity contribution is 5.82. The molecule has 1 saturated heterocycles. The molecule has 1 unspecified atom stereocenters. The van der Waals surface area contributed by atoms with Crippen LogP contribution >= 0.6 is 0 Å². The maximum Gasteiger partial charge on any atom is 0.241 e. The van der Waals surface area contributed by atoms with E-state index in [4.69, 9.17) is 10.5 Å². The molecule has 7 heteroatoms. The number of carbonyl (C=O) groups excluding carboxylic acids is 2. The van der Waals surface area contributed by atoms with Gasteiger partial charge in [-0.25, -0.2) is 0 Å². The second-order valence-electron chi connectivity index (χ2n) is 5.39. The zero-order valence-electron chi connectivity index (χ0n) is 12.6. The van der Waals surface area contributed by atoms with E-state index >= 15 is 0 Å². The van der Waals surface area contributed by atoms with Crippen molar-refractivity contribution in [1.82, 2.24) is 15.1 Å². The molecule has 0 saturated carbocycles. The Kier molecular flexibility index (Phi) is 6.90. The second kappa shape index (κ2) is 8.18. The normalized spacial score (nSPS) is 18.1. The molecule has 7 nitrogen and oxygen atoms in total. The molecular weight excluding hydrogens is 260 g/mol. The molecule has 20 heavy (non-hydrogen) atoms. The number of nitrogens with zero attached hydrogens (tertiary/aromatic N) is 2. The molecule has 1 fully saturated rings. The fourth-order valence-corrected chi connectivity index (χ4v) is 2.18. The van der Waals surface area contributed by atoms with Crippen LogP contribution in [-0.2, 0) is 14.3 Å². The van der Waals surface area contributed by atoms with Gasteiger partial charge in [0.1, 0.15) is 6.04 Å². The van der Waals surface area contributed by atoms with Crippen LogP contribution in [0.5, 0.6) is 0 Å². The molecule has 1 aliphatic heterocycles. The maximum atomic E-state index is 12.0. The predicted octanol–water partition coefficient (Wildman–Crippen LogP) is -1.37. The van der Waals surface area contributed by atoms with Crippen LogP contribution in [0.1, 0.15) is 13.8 Å².